The Balaban J connectivity index is 1.68. The molecule has 0 heterocycles. The molecule has 30 heavy (non-hydrogen) atoms. The molecule has 1 unspecified atom stereocenters. The maximum Gasteiger partial charge on any atom is 0.127 e. The van der Waals surface area contributed by atoms with E-state index >= 15 is 0 Å². The summed E-state index contributed by atoms with van der Waals surface area (Å²) in [5, 5.41) is 4.91. The average molecular weight is 411 g/mol. The van der Waals surface area contributed by atoms with Crippen LogP contribution < -0.4 is 15.3 Å². The third-order valence-electron chi connectivity index (χ3n) is 4.93. The fraction of sp³-hybridized carbons (Fsp3) is 0.148. The molecule has 0 aliphatic carbocycles. The number of aliphatic imine (C=N–C) groups is 1. The summed E-state index contributed by atoms with van der Waals surface area (Å²) in [6.45, 7) is 6.28. The minimum Gasteiger partial charge on any atom is -0.490 e. The molecule has 150 valence electrons. The zero-order chi connectivity index (χ0) is 20.9. The molecule has 0 aromatic heterocycles. The molecule has 0 bridgehead atoms. The molecule has 4 rings (SSSR count). The van der Waals surface area contributed by atoms with Gasteiger partial charge in [0.05, 0.1) is 11.8 Å². The standard InChI is InChI=1S/C27H26NOP/c1-19(2)29-25-16-8-10-20(3)27(25)30-26-17-7-6-15-24(26)28-18-22-13-9-12-21-11-4-5-14-23(21)22/h4-19,30H,1-3H3. The number of nitrogens with zero attached hydrogens (tertiary/aromatic N) is 1. The Morgan fingerprint density at radius 2 is 1.57 bits per heavy atom. The lowest BCUT2D eigenvalue weighted by molar-refractivity contribution is 0.244. The van der Waals surface area contributed by atoms with Crippen molar-refractivity contribution in [3.8, 4) is 5.75 Å². The monoisotopic (exact) mass is 411 g/mol. The van der Waals surface area contributed by atoms with Gasteiger partial charge in [-0.3, -0.25) is 4.99 Å². The lowest BCUT2D eigenvalue weighted by atomic mass is 10.1. The minimum absolute atomic E-state index is 0.148. The van der Waals surface area contributed by atoms with Crippen LogP contribution in [0, 0.1) is 6.92 Å². The molecule has 3 heteroatoms. The zero-order valence-corrected chi connectivity index (χ0v) is 18.6. The Bertz CT molecular complexity index is 1190. The summed E-state index contributed by atoms with van der Waals surface area (Å²) < 4.78 is 6.08. The summed E-state index contributed by atoms with van der Waals surface area (Å²) >= 11 is 0. The van der Waals surface area contributed by atoms with E-state index < -0.39 is 0 Å². The highest BCUT2D eigenvalue weighted by Crippen LogP contribution is 2.27. The highest BCUT2D eigenvalue weighted by atomic mass is 31.1. The molecule has 0 amide bonds. The van der Waals surface area contributed by atoms with Crippen molar-refractivity contribution in [1.29, 1.82) is 0 Å². The maximum absolute atomic E-state index is 6.08. The van der Waals surface area contributed by atoms with E-state index in [9.17, 15) is 0 Å². The molecule has 1 atom stereocenters. The molecule has 0 spiro atoms. The summed E-state index contributed by atoms with van der Waals surface area (Å²) in [5.74, 6) is 0.969. The number of benzene rings is 4. The predicted octanol–water partition coefficient (Wildman–Crippen LogP) is 6.32. The summed E-state index contributed by atoms with van der Waals surface area (Å²) in [6.07, 6.45) is 2.13. The van der Waals surface area contributed by atoms with Gasteiger partial charge in [-0.1, -0.05) is 81.4 Å². The molecule has 0 saturated carbocycles. The first-order valence-electron chi connectivity index (χ1n) is 10.3. The van der Waals surface area contributed by atoms with Crippen LogP contribution in [0.4, 0.5) is 5.69 Å². The molecular formula is C27H26NOP. The number of fused-ring (bicyclic) bond motifs is 1. The number of para-hydroxylation sites is 1. The number of hydrogen-bond donors (Lipinski definition) is 0. The SMILES string of the molecule is Cc1cccc(OC(C)C)c1Pc1ccccc1N=Cc1cccc2ccccc12. The minimum atomic E-state index is 0.148. The van der Waals surface area contributed by atoms with E-state index in [0.29, 0.717) is 8.58 Å². The van der Waals surface area contributed by atoms with Gasteiger partial charge in [-0.05, 0) is 49.2 Å². The molecular weight excluding hydrogens is 385 g/mol. The highest BCUT2D eigenvalue weighted by molar-refractivity contribution is 7.56. The average Bonchev–Trinajstić information content (AvgIpc) is 2.75. The summed E-state index contributed by atoms with van der Waals surface area (Å²) in [7, 11) is 0.483. The molecule has 4 aromatic carbocycles. The normalized spacial score (nSPS) is 11.9. The fourth-order valence-corrected chi connectivity index (χ4v) is 4.75. The Kier molecular flexibility index (Phi) is 6.26. The second-order valence-electron chi connectivity index (χ2n) is 7.58. The van der Waals surface area contributed by atoms with Crippen molar-refractivity contribution in [3.05, 3.63) is 96.1 Å². The van der Waals surface area contributed by atoms with Crippen molar-refractivity contribution in [1.82, 2.24) is 0 Å². The van der Waals surface area contributed by atoms with Crippen LogP contribution in [0.15, 0.2) is 89.9 Å². The van der Waals surface area contributed by atoms with Gasteiger partial charge in [-0.2, -0.15) is 0 Å². The van der Waals surface area contributed by atoms with Crippen LogP contribution >= 0.6 is 8.58 Å². The number of hydrogen-bond acceptors (Lipinski definition) is 2. The summed E-state index contributed by atoms with van der Waals surface area (Å²) in [6, 6.07) is 29.4. The lowest BCUT2D eigenvalue weighted by Crippen LogP contribution is -2.15. The molecule has 0 N–H and O–H groups in total. The Labute approximate surface area is 180 Å². The first-order valence-corrected chi connectivity index (χ1v) is 11.3. The number of aryl methyl sites for hydroxylation is 1. The van der Waals surface area contributed by atoms with E-state index in [4.69, 9.17) is 9.73 Å². The van der Waals surface area contributed by atoms with E-state index in [1.807, 2.05) is 12.3 Å². The van der Waals surface area contributed by atoms with E-state index in [1.165, 1.54) is 26.9 Å². The molecule has 0 fully saturated rings. The van der Waals surface area contributed by atoms with Crippen molar-refractivity contribution in [2.75, 3.05) is 0 Å². The van der Waals surface area contributed by atoms with Crippen molar-refractivity contribution < 1.29 is 4.74 Å². The van der Waals surface area contributed by atoms with Crippen LogP contribution in [0.5, 0.6) is 5.75 Å². The molecule has 0 saturated heterocycles. The van der Waals surface area contributed by atoms with Crippen molar-refractivity contribution in [3.63, 3.8) is 0 Å². The number of rotatable bonds is 6. The highest BCUT2D eigenvalue weighted by Gasteiger charge is 2.11. The molecule has 4 aromatic rings. The Hall–Kier alpha value is -2.96. The van der Waals surface area contributed by atoms with E-state index in [2.05, 4.69) is 99.6 Å². The predicted molar refractivity (Wildman–Crippen MR) is 132 cm³/mol. The first-order chi connectivity index (χ1) is 14.6. The van der Waals surface area contributed by atoms with Crippen LogP contribution in [-0.4, -0.2) is 12.3 Å². The van der Waals surface area contributed by atoms with Crippen molar-refractivity contribution >= 4 is 41.9 Å². The second-order valence-corrected chi connectivity index (χ2v) is 8.87. The Morgan fingerprint density at radius 3 is 2.43 bits per heavy atom. The van der Waals surface area contributed by atoms with Crippen LogP contribution in [0.3, 0.4) is 0 Å². The van der Waals surface area contributed by atoms with Gasteiger partial charge in [0.15, 0.2) is 0 Å². The Morgan fingerprint density at radius 1 is 0.833 bits per heavy atom. The quantitative estimate of drug-likeness (QED) is 0.269. The topological polar surface area (TPSA) is 21.6 Å². The maximum atomic E-state index is 6.08. The van der Waals surface area contributed by atoms with Crippen molar-refractivity contribution in [2.45, 2.75) is 26.9 Å². The van der Waals surface area contributed by atoms with Crippen LogP contribution in [0.1, 0.15) is 25.0 Å². The number of ether oxygens (including phenoxy) is 1. The van der Waals surface area contributed by atoms with Gasteiger partial charge in [0.2, 0.25) is 0 Å². The smallest absolute Gasteiger partial charge is 0.127 e. The largest absolute Gasteiger partial charge is 0.490 e. The van der Waals surface area contributed by atoms with Crippen molar-refractivity contribution in [2.24, 2.45) is 4.99 Å². The van der Waals surface area contributed by atoms with Gasteiger partial charge in [-0.15, -0.1) is 0 Å². The van der Waals surface area contributed by atoms with Gasteiger partial charge >= 0.3 is 0 Å². The second kappa shape index (κ2) is 9.24. The van der Waals surface area contributed by atoms with Crippen LogP contribution in [0.2, 0.25) is 0 Å². The van der Waals surface area contributed by atoms with E-state index in [0.717, 1.165) is 17.0 Å². The first kappa shape index (κ1) is 20.3. The summed E-state index contributed by atoms with van der Waals surface area (Å²) in [5.41, 5.74) is 3.38. The van der Waals surface area contributed by atoms with E-state index in [-0.39, 0.29) is 6.10 Å². The van der Waals surface area contributed by atoms with Gasteiger partial charge in [0, 0.05) is 22.4 Å². The van der Waals surface area contributed by atoms with Gasteiger partial charge in [0.1, 0.15) is 5.75 Å². The van der Waals surface area contributed by atoms with Crippen LogP contribution in [-0.2, 0) is 0 Å². The molecule has 0 aliphatic rings. The molecule has 0 aliphatic heterocycles. The van der Waals surface area contributed by atoms with Crippen LogP contribution in [0.25, 0.3) is 10.8 Å². The molecule has 0 radical (unpaired) electrons. The van der Waals surface area contributed by atoms with Gasteiger partial charge < -0.3 is 4.74 Å². The fourth-order valence-electron chi connectivity index (χ4n) is 3.48. The van der Waals surface area contributed by atoms with Gasteiger partial charge in [0.25, 0.3) is 0 Å². The molecule has 2 nitrogen and oxygen atoms in total. The third kappa shape index (κ3) is 4.61. The third-order valence-corrected chi connectivity index (χ3v) is 6.51. The zero-order valence-electron chi connectivity index (χ0n) is 17.6. The summed E-state index contributed by atoms with van der Waals surface area (Å²) in [4.78, 5) is 4.88. The lowest BCUT2D eigenvalue weighted by Gasteiger charge is -2.17. The van der Waals surface area contributed by atoms with Gasteiger partial charge in [-0.25, -0.2) is 0 Å². The van der Waals surface area contributed by atoms with E-state index in [1.54, 1.807) is 0 Å².